The fourth-order valence-electron chi connectivity index (χ4n) is 4.85. The summed E-state index contributed by atoms with van der Waals surface area (Å²) in [6.07, 6.45) is -1.77. The van der Waals surface area contributed by atoms with Crippen LogP contribution in [0.1, 0.15) is 44.7 Å². The molecule has 52 heteroatoms. The third-order valence-corrected chi connectivity index (χ3v) is 19.0. The fourth-order valence-corrected chi connectivity index (χ4v) is 12.1. The van der Waals surface area contributed by atoms with Gasteiger partial charge in [-0.25, -0.2) is 18.2 Å². The van der Waals surface area contributed by atoms with Gasteiger partial charge in [-0.3, -0.25) is 55.6 Å². The van der Waals surface area contributed by atoms with Crippen LogP contribution in [-0.2, 0) is 115 Å². The average Bonchev–Trinajstić information content (AvgIpc) is 3.83. The van der Waals surface area contributed by atoms with Crippen LogP contribution in [0.4, 0.5) is 0 Å². The number of nitrogens with zero attached hydrogens (tertiary/aromatic N) is 2. The summed E-state index contributed by atoms with van der Waals surface area (Å²) in [6, 6.07) is 0.997. The molecule has 38 nitrogen and oxygen atoms in total. The number of hydrogen-bond acceptors (Lipinski definition) is 34. The van der Waals surface area contributed by atoms with Gasteiger partial charge in [0.2, 0.25) is 0 Å². The van der Waals surface area contributed by atoms with Crippen LogP contribution in [0, 0.1) is 0 Å². The molecule has 2 aliphatic rings. The number of ether oxygens (including phenoxy) is 2. The monoisotopic (exact) mass is 1620 g/mol. The van der Waals surface area contributed by atoms with E-state index in [1.807, 2.05) is 40.7 Å². The topological polar surface area (TPSA) is 616 Å². The average molecular weight is 1620 g/mol. The molecule has 10 unspecified atom stereocenters. The Morgan fingerprint density at radius 2 is 1.11 bits per heavy atom. The predicted octanol–water partition coefficient (Wildman–Crippen LogP) is -5.88. The van der Waals surface area contributed by atoms with Crippen molar-refractivity contribution in [1.29, 1.82) is 0 Å². The molecule has 0 bridgehead atoms. The van der Waals surface area contributed by atoms with E-state index in [0.29, 0.717) is 6.54 Å². The normalized spacial score (nSPS) is 22.0. The number of nitrogens with one attached hydrogen (secondary N) is 2. The minimum atomic E-state index is -6.13. The van der Waals surface area contributed by atoms with E-state index in [9.17, 15) is 106 Å². The number of hydrogen-bond donors (Lipinski definition) is 6. The number of carbonyl (C=O) groups excluding carboxylic acids is 2. The third kappa shape index (κ3) is 39.9. The van der Waals surface area contributed by atoms with Gasteiger partial charge in [0.05, 0.1) is 46.6 Å². The van der Waals surface area contributed by atoms with Crippen molar-refractivity contribution < 1.29 is 164 Å². The van der Waals surface area contributed by atoms with Crippen molar-refractivity contribution in [1.82, 2.24) is 19.1 Å². The number of halogens is 4. The van der Waals surface area contributed by atoms with Crippen molar-refractivity contribution in [2.45, 2.75) is 63.6 Å². The number of aromatic amines is 2. The second kappa shape index (κ2) is 38.6. The predicted molar refractivity (Wildman–Crippen MR) is 249 cm³/mol. The van der Waals surface area contributed by atoms with E-state index in [-0.39, 0.29) is 36.9 Å². The molecule has 2 aliphatic heterocycles. The number of carbonyl (C=O) groups is 2. The van der Waals surface area contributed by atoms with Crippen LogP contribution in [-0.4, -0.2) is 123 Å². The first-order valence-electron chi connectivity index (χ1n) is 20.5. The second-order valence-corrected chi connectivity index (χ2v) is 39.4. The van der Waals surface area contributed by atoms with Gasteiger partial charge in [-0.15, -0.1) is 6.58 Å². The second-order valence-electron chi connectivity index (χ2n) is 13.6. The number of rotatable bonds is 21. The van der Waals surface area contributed by atoms with Gasteiger partial charge in [0, 0.05) is 44.4 Å². The summed E-state index contributed by atoms with van der Waals surface area (Å²) >= 11 is -0.851. The van der Waals surface area contributed by atoms with Gasteiger partial charge in [0.15, 0.2) is 0 Å². The van der Waals surface area contributed by atoms with Gasteiger partial charge in [0.1, 0.15) is 24.7 Å². The molecule has 2 fully saturated rings. The molecule has 0 aliphatic carbocycles. The molecule has 4 rings (SSSR count). The SMILES string of the molecule is C=CCN.CC(=O)[O][Hg][O]C(C)=O.NC/C=C/c1cn(C2CC(O)C(COP(=O)([O-])OP(=O)([O-])OP(=O)([O-])[O-])O2)c(=O)[nH]c1=O.O=c1ccn(C2CC(O)C(COP(=O)([O-])OP(=O)([O-])OP(=O)([O-])[O-])O2)c(=O)[nH]1.[Cl][Pd]([Cl])([Cl])[Cl].[Li][Li]. The molecule has 10 atom stereocenters. The zero-order valence-corrected chi connectivity index (χ0v) is 56.2. The van der Waals surface area contributed by atoms with E-state index in [1.54, 1.807) is 6.08 Å². The van der Waals surface area contributed by atoms with Crippen molar-refractivity contribution in [3.8, 4) is 0 Å². The number of aromatic nitrogens is 4. The van der Waals surface area contributed by atoms with Crippen molar-refractivity contribution in [3.63, 3.8) is 0 Å². The first-order valence-corrected chi connectivity index (χ1v) is 41.8. The molecule has 2 aromatic rings. The summed E-state index contributed by atoms with van der Waals surface area (Å²) in [5, 5.41) is 19.9. The zero-order valence-electron chi connectivity index (χ0n) is 40.8. The van der Waals surface area contributed by atoms with E-state index in [2.05, 4.69) is 38.2 Å². The van der Waals surface area contributed by atoms with E-state index in [1.165, 1.54) is 26.0 Å². The molecule has 454 valence electrons. The molecule has 4 heterocycles. The Balaban J connectivity index is 0. The van der Waals surface area contributed by atoms with Gasteiger partial charge in [-0.1, -0.05) is 18.2 Å². The summed E-state index contributed by atoms with van der Waals surface area (Å²) in [6.45, 7) is 4.61. The molecular formula is C28H40Cl4HgLi2N6O32P6Pd-8. The van der Waals surface area contributed by atoms with Crippen LogP contribution in [0.25, 0.3) is 6.08 Å². The third-order valence-electron chi connectivity index (χ3n) is 7.59. The van der Waals surface area contributed by atoms with Crippen LogP contribution in [0.3, 0.4) is 0 Å². The summed E-state index contributed by atoms with van der Waals surface area (Å²) in [5.74, 6) is -0.726. The fraction of sp³-hybridized carbons (Fsp3) is 0.500. The number of H-pyrrole nitrogens is 2. The Hall–Kier alpha value is 0.312. The first kappa shape index (κ1) is 82.4. The number of phosphoric ester groups is 2. The summed E-state index contributed by atoms with van der Waals surface area (Å²) in [7, 11) is -16.1. The Morgan fingerprint density at radius 1 is 0.738 bits per heavy atom. The van der Waals surface area contributed by atoms with Crippen LogP contribution in [0.5, 0.6) is 0 Å². The van der Waals surface area contributed by atoms with Crippen LogP contribution >= 0.6 is 85.1 Å². The summed E-state index contributed by atoms with van der Waals surface area (Å²) < 4.78 is 108. The van der Waals surface area contributed by atoms with Gasteiger partial charge < -0.3 is 88.5 Å². The van der Waals surface area contributed by atoms with Gasteiger partial charge in [0.25, 0.3) is 42.4 Å². The zero-order chi connectivity index (χ0) is 62.8. The molecule has 0 aromatic carbocycles. The molecule has 0 amide bonds. The molecule has 0 spiro atoms. The van der Waals surface area contributed by atoms with E-state index >= 15 is 0 Å². The van der Waals surface area contributed by atoms with Gasteiger partial charge in [-0.2, -0.15) is 0 Å². The molecule has 2 saturated heterocycles. The van der Waals surface area contributed by atoms with Crippen LogP contribution < -0.4 is 73.1 Å². The molecule has 2 aromatic heterocycles. The Kier molecular flexibility index (Phi) is 39.7. The first-order chi connectivity index (χ1) is 36.3. The standard InChI is InChI=1S/C12H20N3O14P3.C9H15N2O14P3.C3H7N.2C2H4O2.4ClH.Hg.2Li.Pd/c13-3-1-2-7-5-15(12(18)14-11(7)17)10-4-8(16)9(27-10)6-26-31(22,23)29-32(24,25)28-30(19,20)21;12-5-3-8(11-2-1-7(13)10-9(11)14)23-6(5)4-22-27(18,19)25-28(20,21)24-26(15,16)17;1-2-3-4;2*1-2(3)4;;;;;;;;/h1-2,5,8-10,16H,3-4,6,13H2,(H,22,23)(H,24,25)(H,14,17,18)(H2,19,20,21);1-2,5-6,8,12H,3-4H2,(H,18,19)(H,20,21)(H,10,13,14)(H2,15,16,17);2H,1,3-4H2;2*1H3,(H,3,4);4*1H;;;;/q;;;;;;;;;+2;;;+4/p-14/b2-1+;;;;;;;;;;;;. The maximum atomic E-state index is 12.1. The van der Waals surface area contributed by atoms with Crippen LogP contribution in [0.15, 0.2) is 56.4 Å². The Labute approximate surface area is 498 Å². The maximum absolute atomic E-state index is 12.1. The Bertz CT molecular complexity index is 2880. The van der Waals surface area contributed by atoms with Crippen molar-refractivity contribution in [2.75, 3.05) is 26.3 Å². The van der Waals surface area contributed by atoms with Crippen molar-refractivity contribution in [2.24, 2.45) is 11.5 Å². The number of aliphatic hydroxyl groups excluding tert-OH is 2. The van der Waals surface area contributed by atoms with Crippen molar-refractivity contribution >= 4 is 134 Å². The molecule has 8 N–H and O–H groups in total. The number of nitrogens with two attached hydrogens (primary N) is 2. The molecular weight excluding hydrogens is 1580 g/mol. The molecule has 0 radical (unpaired) electrons. The molecule has 0 saturated carbocycles. The molecule has 80 heavy (non-hydrogen) atoms. The van der Waals surface area contributed by atoms with Gasteiger partial charge in [-0.05, 0) is 0 Å². The van der Waals surface area contributed by atoms with E-state index in [0.717, 1.165) is 27.6 Å². The summed E-state index contributed by atoms with van der Waals surface area (Å²) in [4.78, 5) is 157. The summed E-state index contributed by atoms with van der Waals surface area (Å²) in [5.41, 5.74) is 7.07. The number of phosphoric acid groups is 6. The quantitative estimate of drug-likeness (QED) is 0.0385. The Morgan fingerprint density at radius 3 is 1.45 bits per heavy atom. The van der Waals surface area contributed by atoms with Crippen molar-refractivity contribution in [3.05, 3.63) is 84.4 Å². The van der Waals surface area contributed by atoms with E-state index in [4.69, 9.17) is 59.1 Å². The van der Waals surface area contributed by atoms with Gasteiger partial charge >= 0.3 is 158 Å². The van der Waals surface area contributed by atoms with E-state index < -0.39 is 156 Å². The van der Waals surface area contributed by atoms with Crippen LogP contribution in [0.2, 0.25) is 0 Å². The minimum absolute atomic E-state index is 0.0329. The number of aliphatic hydroxyl groups is 2.